The van der Waals surface area contributed by atoms with Crippen molar-refractivity contribution < 1.29 is 14.3 Å². The first-order valence-corrected chi connectivity index (χ1v) is 4.57. The van der Waals surface area contributed by atoms with Crippen LogP contribution in [0, 0.1) is 0 Å². The number of nitrogens with one attached hydrogen (secondary N) is 1. The number of Topliss-reactive ketones (excluding diaryl/α,β-unsaturated/α-hetero) is 1. The molecule has 1 atom stereocenters. The molecule has 2 rings (SSSR count). The average molecular weight is 209 g/mol. The molecule has 1 unspecified atom stereocenters. The fourth-order valence-corrected chi connectivity index (χ4v) is 1.58. The second-order valence-electron chi connectivity index (χ2n) is 3.36. The van der Waals surface area contributed by atoms with Crippen LogP contribution in [0.3, 0.4) is 0 Å². The van der Waals surface area contributed by atoms with Crippen LogP contribution in [0.25, 0.3) is 0 Å². The number of imidazole rings is 1. The smallest absolute Gasteiger partial charge is 0.410 e. The number of ketones is 1. The largest absolute Gasteiger partial charge is 0.453 e. The van der Waals surface area contributed by atoms with Crippen molar-refractivity contribution in [2.24, 2.45) is 0 Å². The van der Waals surface area contributed by atoms with Gasteiger partial charge in [0.2, 0.25) is 0 Å². The highest BCUT2D eigenvalue weighted by Gasteiger charge is 2.41. The van der Waals surface area contributed by atoms with Gasteiger partial charge in [0.05, 0.1) is 20.0 Å². The topological polar surface area (TPSA) is 75.3 Å². The van der Waals surface area contributed by atoms with Gasteiger partial charge in [-0.05, 0) is 0 Å². The summed E-state index contributed by atoms with van der Waals surface area (Å²) < 4.78 is 4.56. The minimum absolute atomic E-state index is 0.0509. The summed E-state index contributed by atoms with van der Waals surface area (Å²) in [5.41, 5.74) is 0.835. The molecule has 0 aliphatic carbocycles. The van der Waals surface area contributed by atoms with Crippen LogP contribution in [0.1, 0.15) is 5.69 Å². The number of hydrogen-bond acceptors (Lipinski definition) is 4. The van der Waals surface area contributed by atoms with E-state index in [1.54, 1.807) is 12.5 Å². The zero-order valence-corrected chi connectivity index (χ0v) is 8.27. The molecule has 2 heterocycles. The van der Waals surface area contributed by atoms with Gasteiger partial charge in [-0.2, -0.15) is 0 Å². The number of aromatic nitrogens is 2. The molecule has 1 saturated heterocycles. The van der Waals surface area contributed by atoms with Crippen LogP contribution in [0.5, 0.6) is 0 Å². The summed E-state index contributed by atoms with van der Waals surface area (Å²) in [6.07, 6.45) is 3.19. The maximum Gasteiger partial charge on any atom is 0.410 e. The van der Waals surface area contributed by atoms with E-state index in [4.69, 9.17) is 0 Å². The summed E-state index contributed by atoms with van der Waals surface area (Å²) in [7, 11) is 1.30. The highest BCUT2D eigenvalue weighted by molar-refractivity contribution is 5.97. The highest BCUT2D eigenvalue weighted by atomic mass is 16.5. The van der Waals surface area contributed by atoms with Crippen LogP contribution < -0.4 is 0 Å². The van der Waals surface area contributed by atoms with E-state index in [9.17, 15) is 9.59 Å². The SMILES string of the molecule is COC(=O)N1CC(=O)C1Cc1cnc[nH]1. The molecule has 0 aromatic carbocycles. The second kappa shape index (κ2) is 3.72. The van der Waals surface area contributed by atoms with E-state index in [1.807, 2.05) is 0 Å². The molecule has 0 radical (unpaired) electrons. The molecule has 1 fully saturated rings. The lowest BCUT2D eigenvalue weighted by molar-refractivity contribution is -0.134. The third kappa shape index (κ3) is 1.70. The molecule has 0 bridgehead atoms. The van der Waals surface area contributed by atoms with E-state index in [1.165, 1.54) is 12.0 Å². The molecule has 0 spiro atoms. The van der Waals surface area contributed by atoms with Crippen molar-refractivity contribution in [2.45, 2.75) is 12.5 Å². The van der Waals surface area contributed by atoms with Crippen LogP contribution in [0.4, 0.5) is 4.79 Å². The molecule has 15 heavy (non-hydrogen) atoms. The number of aromatic amines is 1. The maximum atomic E-state index is 11.3. The predicted molar refractivity (Wildman–Crippen MR) is 50.2 cm³/mol. The monoisotopic (exact) mass is 209 g/mol. The Hall–Kier alpha value is -1.85. The number of likely N-dealkylation sites (tertiary alicyclic amines) is 1. The number of hydrogen-bond donors (Lipinski definition) is 1. The Balaban J connectivity index is 2.01. The van der Waals surface area contributed by atoms with E-state index < -0.39 is 12.1 Å². The number of ether oxygens (including phenoxy) is 1. The van der Waals surface area contributed by atoms with Crippen LogP contribution in [-0.4, -0.2) is 46.4 Å². The predicted octanol–water partition coefficient (Wildman–Crippen LogP) is -0.0281. The molecular weight excluding hydrogens is 198 g/mol. The zero-order chi connectivity index (χ0) is 10.8. The van der Waals surface area contributed by atoms with E-state index >= 15 is 0 Å². The Morgan fingerprint density at radius 1 is 1.80 bits per heavy atom. The lowest BCUT2D eigenvalue weighted by Crippen LogP contribution is -2.60. The van der Waals surface area contributed by atoms with Gasteiger partial charge in [0.15, 0.2) is 5.78 Å². The van der Waals surface area contributed by atoms with Crippen molar-refractivity contribution in [2.75, 3.05) is 13.7 Å². The summed E-state index contributed by atoms with van der Waals surface area (Å²) in [4.78, 5) is 30.7. The Labute approximate surface area is 86.2 Å². The van der Waals surface area contributed by atoms with E-state index in [0.717, 1.165) is 5.69 Å². The van der Waals surface area contributed by atoms with Crippen molar-refractivity contribution >= 4 is 11.9 Å². The van der Waals surface area contributed by atoms with Crippen LogP contribution in [0.2, 0.25) is 0 Å². The minimum atomic E-state index is -0.459. The summed E-state index contributed by atoms with van der Waals surface area (Å²) in [6.45, 7) is 0.144. The summed E-state index contributed by atoms with van der Waals surface area (Å²) >= 11 is 0. The standard InChI is InChI=1S/C9H11N3O3/c1-15-9(14)12-4-8(13)7(12)2-6-3-10-5-11-6/h3,5,7H,2,4H2,1H3,(H,10,11). The molecule has 1 amide bonds. The summed E-state index contributed by atoms with van der Waals surface area (Å²) in [5, 5.41) is 0. The lowest BCUT2D eigenvalue weighted by atomic mass is 9.97. The third-order valence-corrected chi connectivity index (χ3v) is 2.45. The quantitative estimate of drug-likeness (QED) is 0.742. The molecule has 1 aliphatic rings. The number of nitrogens with zero attached hydrogens (tertiary/aromatic N) is 2. The van der Waals surface area contributed by atoms with Gasteiger partial charge in [0, 0.05) is 18.3 Å². The molecule has 0 saturated carbocycles. The first-order chi connectivity index (χ1) is 7.22. The second-order valence-corrected chi connectivity index (χ2v) is 3.36. The Morgan fingerprint density at radius 2 is 2.60 bits per heavy atom. The molecule has 1 aliphatic heterocycles. The normalized spacial score (nSPS) is 19.9. The zero-order valence-electron chi connectivity index (χ0n) is 8.27. The number of carbonyl (C=O) groups excluding carboxylic acids is 2. The molecule has 6 heteroatoms. The van der Waals surface area contributed by atoms with Crippen LogP contribution in [-0.2, 0) is 16.0 Å². The number of carbonyl (C=O) groups is 2. The van der Waals surface area contributed by atoms with Crippen LogP contribution in [0.15, 0.2) is 12.5 Å². The highest BCUT2D eigenvalue weighted by Crippen LogP contribution is 2.18. The van der Waals surface area contributed by atoms with Crippen molar-refractivity contribution in [3.05, 3.63) is 18.2 Å². The fourth-order valence-electron chi connectivity index (χ4n) is 1.58. The van der Waals surface area contributed by atoms with Gasteiger partial charge >= 0.3 is 6.09 Å². The van der Waals surface area contributed by atoms with Crippen LogP contribution >= 0.6 is 0 Å². The number of H-pyrrole nitrogens is 1. The van der Waals surface area contributed by atoms with Gasteiger partial charge in [-0.1, -0.05) is 0 Å². The minimum Gasteiger partial charge on any atom is -0.453 e. The van der Waals surface area contributed by atoms with Gasteiger partial charge in [0.1, 0.15) is 6.04 Å². The van der Waals surface area contributed by atoms with Gasteiger partial charge in [0.25, 0.3) is 0 Å². The molecule has 1 aromatic heterocycles. The first-order valence-electron chi connectivity index (χ1n) is 4.57. The average Bonchev–Trinajstić information content (AvgIpc) is 2.74. The Kier molecular flexibility index (Phi) is 2.40. The molecular formula is C9H11N3O3. The van der Waals surface area contributed by atoms with E-state index in [2.05, 4.69) is 14.7 Å². The summed E-state index contributed by atoms with van der Waals surface area (Å²) in [6, 6.07) is -0.405. The van der Waals surface area contributed by atoms with E-state index in [0.29, 0.717) is 6.42 Å². The molecule has 1 N–H and O–H groups in total. The molecule has 80 valence electrons. The van der Waals surface area contributed by atoms with Crippen molar-refractivity contribution in [3.8, 4) is 0 Å². The number of methoxy groups -OCH3 is 1. The van der Waals surface area contributed by atoms with Crippen molar-refractivity contribution in [3.63, 3.8) is 0 Å². The van der Waals surface area contributed by atoms with Crippen molar-refractivity contribution in [1.82, 2.24) is 14.9 Å². The Bertz CT molecular complexity index is 374. The van der Waals surface area contributed by atoms with Gasteiger partial charge < -0.3 is 9.72 Å². The summed E-state index contributed by atoms with van der Waals surface area (Å²) in [5.74, 6) is 0.0509. The maximum absolute atomic E-state index is 11.3. The molecule has 6 nitrogen and oxygen atoms in total. The number of rotatable bonds is 2. The number of amides is 1. The van der Waals surface area contributed by atoms with Gasteiger partial charge in [-0.25, -0.2) is 9.78 Å². The van der Waals surface area contributed by atoms with Crippen molar-refractivity contribution in [1.29, 1.82) is 0 Å². The third-order valence-electron chi connectivity index (χ3n) is 2.45. The fraction of sp³-hybridized carbons (Fsp3) is 0.444. The van der Waals surface area contributed by atoms with E-state index in [-0.39, 0.29) is 12.3 Å². The molecule has 1 aromatic rings. The van der Waals surface area contributed by atoms with Gasteiger partial charge in [-0.15, -0.1) is 0 Å². The Morgan fingerprint density at radius 3 is 3.13 bits per heavy atom. The van der Waals surface area contributed by atoms with Gasteiger partial charge in [-0.3, -0.25) is 9.69 Å². The first kappa shape index (κ1) is 9.70. The lowest BCUT2D eigenvalue weighted by Gasteiger charge is -2.37.